The first kappa shape index (κ1) is 23.4. The lowest BCUT2D eigenvalue weighted by molar-refractivity contribution is 0.486. The quantitative estimate of drug-likeness (QED) is 0.227. The molecule has 0 fully saturated rings. The molecule has 5 heteroatoms. The standard InChI is InChI=1S/C28H35FN3Si/c1-28(2,3)33(7,8)31-19-26(21-10-9-11-23(29)16-21)25-17-22(18-30-27(25)31)20-12-14-24(15-13-20)32(4,5)6/h9-19H,1-8H3/q+1. The highest BCUT2D eigenvalue weighted by molar-refractivity contribution is 6.79. The van der Waals surface area contributed by atoms with Crippen LogP contribution in [0.4, 0.5) is 10.1 Å². The predicted molar refractivity (Wildman–Crippen MR) is 143 cm³/mol. The fourth-order valence-corrected chi connectivity index (χ4v) is 5.92. The minimum Gasteiger partial charge on any atom is -0.359 e. The molecule has 172 valence electrons. The van der Waals surface area contributed by atoms with Gasteiger partial charge in [0, 0.05) is 28.9 Å². The number of pyridine rings is 1. The first-order valence-corrected chi connectivity index (χ1v) is 14.4. The first-order chi connectivity index (χ1) is 15.3. The zero-order chi connectivity index (χ0) is 24.2. The van der Waals surface area contributed by atoms with Crippen LogP contribution in [0.15, 0.2) is 67.0 Å². The minimum atomic E-state index is -1.94. The highest BCUT2D eigenvalue weighted by atomic mass is 28.3. The van der Waals surface area contributed by atoms with Gasteiger partial charge < -0.3 is 4.23 Å². The van der Waals surface area contributed by atoms with Crippen molar-refractivity contribution in [1.29, 1.82) is 0 Å². The molecule has 2 heterocycles. The Morgan fingerprint density at radius 3 is 2.12 bits per heavy atom. The van der Waals surface area contributed by atoms with Crippen LogP contribution in [-0.4, -0.2) is 38.6 Å². The zero-order valence-electron chi connectivity index (χ0n) is 21.1. The number of nitrogens with zero attached hydrogens (tertiary/aromatic N) is 3. The third-order valence-electron chi connectivity index (χ3n) is 7.19. The van der Waals surface area contributed by atoms with E-state index in [1.807, 2.05) is 12.3 Å². The molecule has 0 atom stereocenters. The molecule has 2 aromatic carbocycles. The monoisotopic (exact) mass is 460 g/mol. The molecule has 0 unspecified atom stereocenters. The molecule has 3 nitrogen and oxygen atoms in total. The van der Waals surface area contributed by atoms with Crippen LogP contribution in [0.1, 0.15) is 20.8 Å². The smallest absolute Gasteiger partial charge is 0.163 e. The van der Waals surface area contributed by atoms with Crippen LogP contribution >= 0.6 is 0 Å². The Balaban J connectivity index is 1.94. The van der Waals surface area contributed by atoms with E-state index in [0.29, 0.717) is 0 Å². The van der Waals surface area contributed by atoms with Crippen LogP contribution in [0, 0.1) is 5.82 Å². The fourth-order valence-electron chi connectivity index (χ4n) is 4.04. The van der Waals surface area contributed by atoms with Gasteiger partial charge in [0.15, 0.2) is 8.24 Å². The summed E-state index contributed by atoms with van der Waals surface area (Å²) < 4.78 is 17.3. The molecule has 0 radical (unpaired) electrons. The van der Waals surface area contributed by atoms with Crippen LogP contribution in [0.5, 0.6) is 0 Å². The van der Waals surface area contributed by atoms with E-state index in [9.17, 15) is 4.39 Å². The average molecular weight is 461 g/mol. The summed E-state index contributed by atoms with van der Waals surface area (Å²) in [5.74, 6) is -0.222. The van der Waals surface area contributed by atoms with Gasteiger partial charge in [0.05, 0.1) is 21.1 Å². The summed E-state index contributed by atoms with van der Waals surface area (Å²) in [7, 11) is 4.55. The second-order valence-electron chi connectivity index (χ2n) is 11.4. The molecule has 0 amide bonds. The topological polar surface area (TPSA) is 17.8 Å². The molecule has 0 N–H and O–H groups in total. The summed E-state index contributed by atoms with van der Waals surface area (Å²) in [6, 6.07) is 17.8. The van der Waals surface area contributed by atoms with Gasteiger partial charge in [-0.1, -0.05) is 46.0 Å². The van der Waals surface area contributed by atoms with Crippen LogP contribution in [0.25, 0.3) is 33.3 Å². The van der Waals surface area contributed by atoms with Gasteiger partial charge in [0.25, 0.3) is 0 Å². The first-order valence-electron chi connectivity index (χ1n) is 11.5. The molecule has 2 aromatic heterocycles. The number of rotatable bonds is 4. The zero-order valence-corrected chi connectivity index (χ0v) is 22.1. The molecule has 33 heavy (non-hydrogen) atoms. The van der Waals surface area contributed by atoms with E-state index >= 15 is 0 Å². The van der Waals surface area contributed by atoms with Crippen molar-refractivity contribution in [1.82, 2.24) is 13.7 Å². The molecule has 0 aliphatic rings. The Morgan fingerprint density at radius 1 is 0.879 bits per heavy atom. The van der Waals surface area contributed by atoms with Crippen molar-refractivity contribution in [2.75, 3.05) is 21.1 Å². The van der Waals surface area contributed by atoms with Gasteiger partial charge in [-0.3, -0.25) is 4.48 Å². The maximum absolute atomic E-state index is 14.1. The summed E-state index contributed by atoms with van der Waals surface area (Å²) in [5.41, 5.74) is 6.35. The number of halogens is 1. The van der Waals surface area contributed by atoms with Gasteiger partial charge in [-0.15, -0.1) is 0 Å². The molecule has 0 bridgehead atoms. The summed E-state index contributed by atoms with van der Waals surface area (Å²) in [6.45, 7) is 11.7. The second-order valence-corrected chi connectivity index (χ2v) is 16.5. The van der Waals surface area contributed by atoms with Gasteiger partial charge in [0.2, 0.25) is 0 Å². The largest absolute Gasteiger partial charge is 0.359 e. The number of fused-ring (bicyclic) bond motifs is 1. The maximum Gasteiger partial charge on any atom is 0.163 e. The molecule has 4 rings (SSSR count). The van der Waals surface area contributed by atoms with E-state index in [-0.39, 0.29) is 10.9 Å². The molecular weight excluding hydrogens is 425 g/mol. The SMILES string of the molecule is CC(C)(C)[Si](C)(C)n1cc(-c2cccc(F)c2)c2cc(-c3ccc([N+](C)(C)C)cc3)cnc21. The summed E-state index contributed by atoms with van der Waals surface area (Å²) >= 11 is 0. The van der Waals surface area contributed by atoms with Crippen LogP contribution < -0.4 is 4.48 Å². The third-order valence-corrected chi connectivity index (χ3v) is 12.4. The van der Waals surface area contributed by atoms with Gasteiger partial charge in [0.1, 0.15) is 17.2 Å². The second kappa shape index (κ2) is 7.92. The van der Waals surface area contributed by atoms with E-state index in [0.717, 1.165) is 37.8 Å². The molecule has 0 aliphatic heterocycles. The third kappa shape index (κ3) is 4.27. The highest BCUT2D eigenvalue weighted by Crippen LogP contribution is 2.42. The number of hydrogen-bond donors (Lipinski definition) is 0. The molecule has 4 aromatic rings. The lowest BCUT2D eigenvalue weighted by Crippen LogP contribution is -2.45. The summed E-state index contributed by atoms with van der Waals surface area (Å²) in [5, 5.41) is 1.21. The van der Waals surface area contributed by atoms with E-state index in [4.69, 9.17) is 4.98 Å². The Morgan fingerprint density at radius 2 is 1.55 bits per heavy atom. The van der Waals surface area contributed by atoms with Gasteiger partial charge in [-0.25, -0.2) is 9.37 Å². The van der Waals surface area contributed by atoms with E-state index in [2.05, 4.69) is 95.8 Å². The summed E-state index contributed by atoms with van der Waals surface area (Å²) in [4.78, 5) is 4.98. The molecule has 0 spiro atoms. The van der Waals surface area contributed by atoms with Crippen molar-refractivity contribution in [3.05, 3.63) is 72.8 Å². The molecule has 0 aliphatic carbocycles. The minimum absolute atomic E-state index is 0.138. The number of quaternary nitrogens is 1. The van der Waals surface area contributed by atoms with Crippen molar-refractivity contribution in [2.24, 2.45) is 0 Å². The van der Waals surface area contributed by atoms with Gasteiger partial charge in [-0.05, 0) is 58.6 Å². The van der Waals surface area contributed by atoms with Gasteiger partial charge in [-0.2, -0.15) is 0 Å². The van der Waals surface area contributed by atoms with Gasteiger partial charge >= 0.3 is 0 Å². The summed E-state index contributed by atoms with van der Waals surface area (Å²) in [6.07, 6.45) is 4.18. The van der Waals surface area contributed by atoms with Crippen LogP contribution in [0.2, 0.25) is 18.1 Å². The Labute approximate surface area is 198 Å². The number of hydrogen-bond acceptors (Lipinski definition) is 1. The highest BCUT2D eigenvalue weighted by Gasteiger charge is 2.39. The van der Waals surface area contributed by atoms with Crippen molar-refractivity contribution in [3.8, 4) is 22.3 Å². The average Bonchev–Trinajstić information content (AvgIpc) is 3.12. The number of aromatic nitrogens is 2. The predicted octanol–water partition coefficient (Wildman–Crippen LogP) is 7.56. The normalized spacial score (nSPS) is 13.0. The van der Waals surface area contributed by atoms with Crippen molar-refractivity contribution in [3.63, 3.8) is 0 Å². The Kier molecular flexibility index (Phi) is 5.62. The number of benzene rings is 2. The Bertz CT molecular complexity index is 1310. The van der Waals surface area contributed by atoms with Crippen molar-refractivity contribution >= 4 is 25.0 Å². The molecule has 0 saturated heterocycles. The van der Waals surface area contributed by atoms with E-state index in [1.165, 1.54) is 11.8 Å². The lowest BCUT2D eigenvalue weighted by atomic mass is 10.0. The van der Waals surface area contributed by atoms with Crippen molar-refractivity contribution in [2.45, 2.75) is 38.9 Å². The Hall–Kier alpha value is -2.76. The van der Waals surface area contributed by atoms with E-state index < -0.39 is 8.24 Å². The van der Waals surface area contributed by atoms with E-state index in [1.54, 1.807) is 12.1 Å². The van der Waals surface area contributed by atoms with Crippen LogP contribution in [0.3, 0.4) is 0 Å². The maximum atomic E-state index is 14.1. The van der Waals surface area contributed by atoms with Crippen molar-refractivity contribution < 1.29 is 4.39 Å². The van der Waals surface area contributed by atoms with Crippen LogP contribution in [-0.2, 0) is 0 Å². The lowest BCUT2D eigenvalue weighted by Gasteiger charge is -2.38. The molecule has 0 saturated carbocycles. The molecular formula is C28H35FN3Si+. The fraction of sp³-hybridized carbons (Fsp3) is 0.321.